The number of para-hydroxylation sites is 2. The van der Waals surface area contributed by atoms with Gasteiger partial charge in [0.1, 0.15) is 5.82 Å². The standard InChI is InChI=1S/C20H29N3O/c1-13(18-22-16-7-5-6-8-17(16)23-18)21-19(24)14-9-11-15(12-10-14)20(2,3)4/h5-8,13-15H,9-12H2,1-4H3,(H,21,24)(H,22,23)/t13-,14?,15?/m0/s1. The fraction of sp³-hybridized carbons (Fsp3) is 0.600. The molecule has 4 heteroatoms. The molecule has 4 nitrogen and oxygen atoms in total. The van der Waals surface area contributed by atoms with Crippen LogP contribution in [-0.4, -0.2) is 15.9 Å². The highest BCUT2D eigenvalue weighted by Gasteiger charge is 2.32. The minimum atomic E-state index is -0.0924. The van der Waals surface area contributed by atoms with Gasteiger partial charge in [0.05, 0.1) is 17.1 Å². The van der Waals surface area contributed by atoms with E-state index in [4.69, 9.17) is 0 Å². The summed E-state index contributed by atoms with van der Waals surface area (Å²) in [6.45, 7) is 8.92. The van der Waals surface area contributed by atoms with Crippen molar-refractivity contribution in [2.24, 2.45) is 17.3 Å². The molecule has 2 aromatic rings. The van der Waals surface area contributed by atoms with Crippen molar-refractivity contribution in [2.45, 2.75) is 59.4 Å². The van der Waals surface area contributed by atoms with Crippen LogP contribution in [0.3, 0.4) is 0 Å². The lowest BCUT2D eigenvalue weighted by Gasteiger charge is -2.36. The number of benzene rings is 1. The number of carbonyl (C=O) groups is 1. The number of hydrogen-bond donors (Lipinski definition) is 2. The highest BCUT2D eigenvalue weighted by molar-refractivity contribution is 5.79. The van der Waals surface area contributed by atoms with Crippen molar-refractivity contribution in [3.8, 4) is 0 Å². The molecule has 0 saturated heterocycles. The third kappa shape index (κ3) is 3.63. The average molecular weight is 327 g/mol. The van der Waals surface area contributed by atoms with E-state index in [2.05, 4.69) is 36.1 Å². The van der Waals surface area contributed by atoms with Crippen LogP contribution in [0.5, 0.6) is 0 Å². The molecule has 1 aliphatic rings. The maximum atomic E-state index is 12.6. The molecule has 1 aliphatic carbocycles. The molecule has 0 aliphatic heterocycles. The second kappa shape index (κ2) is 6.58. The third-order valence-corrected chi connectivity index (χ3v) is 5.50. The maximum Gasteiger partial charge on any atom is 0.223 e. The van der Waals surface area contributed by atoms with Crippen LogP contribution in [0.15, 0.2) is 24.3 Å². The molecule has 2 N–H and O–H groups in total. The molecule has 1 saturated carbocycles. The summed E-state index contributed by atoms with van der Waals surface area (Å²) in [4.78, 5) is 20.5. The first-order valence-corrected chi connectivity index (χ1v) is 9.09. The minimum absolute atomic E-state index is 0.0924. The Morgan fingerprint density at radius 1 is 1.21 bits per heavy atom. The summed E-state index contributed by atoms with van der Waals surface area (Å²) in [6.07, 6.45) is 4.31. The van der Waals surface area contributed by atoms with Gasteiger partial charge in [0.2, 0.25) is 5.91 Å². The molecule has 24 heavy (non-hydrogen) atoms. The van der Waals surface area contributed by atoms with E-state index < -0.39 is 0 Å². The molecule has 1 fully saturated rings. The zero-order chi connectivity index (χ0) is 17.3. The third-order valence-electron chi connectivity index (χ3n) is 5.50. The number of aromatic amines is 1. The molecular weight excluding hydrogens is 298 g/mol. The summed E-state index contributed by atoms with van der Waals surface area (Å²) in [5.74, 6) is 1.88. The Morgan fingerprint density at radius 3 is 2.50 bits per heavy atom. The Hall–Kier alpha value is -1.84. The van der Waals surface area contributed by atoms with E-state index in [-0.39, 0.29) is 17.9 Å². The van der Waals surface area contributed by atoms with Crippen LogP contribution in [0.25, 0.3) is 11.0 Å². The summed E-state index contributed by atoms with van der Waals surface area (Å²) in [6, 6.07) is 7.86. The molecule has 1 amide bonds. The van der Waals surface area contributed by atoms with Gasteiger partial charge in [-0.3, -0.25) is 4.79 Å². The molecule has 0 unspecified atom stereocenters. The van der Waals surface area contributed by atoms with Gasteiger partial charge < -0.3 is 10.3 Å². The number of rotatable bonds is 3. The number of aromatic nitrogens is 2. The Morgan fingerprint density at radius 2 is 1.88 bits per heavy atom. The van der Waals surface area contributed by atoms with Crippen molar-refractivity contribution in [3.63, 3.8) is 0 Å². The van der Waals surface area contributed by atoms with Crippen LogP contribution in [-0.2, 0) is 4.79 Å². The van der Waals surface area contributed by atoms with Gasteiger partial charge in [-0.15, -0.1) is 0 Å². The molecule has 1 aromatic heterocycles. The maximum absolute atomic E-state index is 12.6. The van der Waals surface area contributed by atoms with Gasteiger partial charge in [-0.05, 0) is 56.1 Å². The first kappa shape index (κ1) is 17.0. The first-order valence-electron chi connectivity index (χ1n) is 9.09. The smallest absolute Gasteiger partial charge is 0.223 e. The van der Waals surface area contributed by atoms with E-state index in [1.165, 1.54) is 0 Å². The van der Waals surface area contributed by atoms with Crippen molar-refractivity contribution in [2.75, 3.05) is 0 Å². The molecule has 0 spiro atoms. The zero-order valence-corrected chi connectivity index (χ0v) is 15.2. The molecular formula is C20H29N3O. The van der Waals surface area contributed by atoms with E-state index in [0.29, 0.717) is 5.41 Å². The molecule has 130 valence electrons. The normalized spacial score (nSPS) is 23.2. The topological polar surface area (TPSA) is 57.8 Å². The molecule has 1 heterocycles. The van der Waals surface area contributed by atoms with Crippen LogP contribution < -0.4 is 5.32 Å². The van der Waals surface area contributed by atoms with Gasteiger partial charge in [-0.2, -0.15) is 0 Å². The van der Waals surface area contributed by atoms with Gasteiger partial charge in [-0.1, -0.05) is 32.9 Å². The van der Waals surface area contributed by atoms with Crippen molar-refractivity contribution >= 4 is 16.9 Å². The molecule has 1 atom stereocenters. The van der Waals surface area contributed by atoms with Crippen molar-refractivity contribution < 1.29 is 4.79 Å². The summed E-state index contributed by atoms with van der Waals surface area (Å²) in [7, 11) is 0. The van der Waals surface area contributed by atoms with Crippen LogP contribution in [0.1, 0.15) is 65.2 Å². The van der Waals surface area contributed by atoms with Crippen LogP contribution in [0, 0.1) is 17.3 Å². The lowest BCUT2D eigenvalue weighted by Crippen LogP contribution is -2.36. The SMILES string of the molecule is C[C@H](NC(=O)C1CCC(C(C)(C)C)CC1)c1nc2ccccc2[nH]1. The van der Waals surface area contributed by atoms with E-state index in [1.807, 2.05) is 31.2 Å². The summed E-state index contributed by atoms with van der Waals surface area (Å²) in [5, 5.41) is 3.15. The number of fused-ring (bicyclic) bond motifs is 1. The van der Waals surface area contributed by atoms with E-state index in [1.54, 1.807) is 0 Å². The molecule has 0 bridgehead atoms. The predicted molar refractivity (Wildman–Crippen MR) is 97.6 cm³/mol. The first-order chi connectivity index (χ1) is 11.3. The summed E-state index contributed by atoms with van der Waals surface area (Å²) in [5.41, 5.74) is 2.31. The number of carbonyl (C=O) groups excluding carboxylic acids is 1. The Labute approximate surface area is 144 Å². The number of H-pyrrole nitrogens is 1. The van der Waals surface area contributed by atoms with Crippen molar-refractivity contribution in [3.05, 3.63) is 30.1 Å². The summed E-state index contributed by atoms with van der Waals surface area (Å²) >= 11 is 0. The number of hydrogen-bond acceptors (Lipinski definition) is 2. The Kier molecular flexibility index (Phi) is 4.66. The van der Waals surface area contributed by atoms with E-state index in [9.17, 15) is 4.79 Å². The number of nitrogens with zero attached hydrogens (tertiary/aromatic N) is 1. The van der Waals surface area contributed by atoms with E-state index in [0.717, 1.165) is 48.5 Å². The quantitative estimate of drug-likeness (QED) is 0.866. The second-order valence-corrected chi connectivity index (χ2v) is 8.28. The summed E-state index contributed by atoms with van der Waals surface area (Å²) < 4.78 is 0. The predicted octanol–water partition coefficient (Wildman–Crippen LogP) is 4.59. The lowest BCUT2D eigenvalue weighted by atomic mass is 9.69. The largest absolute Gasteiger partial charge is 0.346 e. The van der Waals surface area contributed by atoms with E-state index >= 15 is 0 Å². The van der Waals surface area contributed by atoms with Gasteiger partial charge in [-0.25, -0.2) is 4.98 Å². The van der Waals surface area contributed by atoms with Crippen LogP contribution in [0.2, 0.25) is 0 Å². The van der Waals surface area contributed by atoms with Crippen LogP contribution >= 0.6 is 0 Å². The fourth-order valence-corrected chi connectivity index (χ4v) is 3.80. The number of amides is 1. The molecule has 0 radical (unpaired) electrons. The lowest BCUT2D eigenvalue weighted by molar-refractivity contribution is -0.127. The average Bonchev–Trinajstić information content (AvgIpc) is 2.98. The molecule has 3 rings (SSSR count). The fourth-order valence-electron chi connectivity index (χ4n) is 3.80. The number of imidazole rings is 1. The highest BCUT2D eigenvalue weighted by Crippen LogP contribution is 2.39. The van der Waals surface area contributed by atoms with Crippen molar-refractivity contribution in [1.82, 2.24) is 15.3 Å². The Bertz CT molecular complexity index is 672. The molecule has 1 aromatic carbocycles. The van der Waals surface area contributed by atoms with Gasteiger partial charge in [0.15, 0.2) is 0 Å². The number of nitrogens with one attached hydrogen (secondary N) is 2. The van der Waals surface area contributed by atoms with Gasteiger partial charge >= 0.3 is 0 Å². The highest BCUT2D eigenvalue weighted by atomic mass is 16.1. The van der Waals surface area contributed by atoms with Crippen LogP contribution in [0.4, 0.5) is 0 Å². The Balaban J connectivity index is 1.58. The van der Waals surface area contributed by atoms with Crippen molar-refractivity contribution in [1.29, 1.82) is 0 Å². The van der Waals surface area contributed by atoms with Gasteiger partial charge in [0.25, 0.3) is 0 Å². The van der Waals surface area contributed by atoms with Gasteiger partial charge in [0, 0.05) is 5.92 Å². The zero-order valence-electron chi connectivity index (χ0n) is 15.2. The monoisotopic (exact) mass is 327 g/mol. The second-order valence-electron chi connectivity index (χ2n) is 8.28. The minimum Gasteiger partial charge on any atom is -0.346 e.